The number of halogens is 1. The molecular formula is C67H69ClN14O5S2Si. The number of fused-ring (bicyclic) bond motifs is 2. The second kappa shape index (κ2) is 28.4. The molecule has 19 nitrogen and oxygen atoms in total. The van der Waals surface area contributed by atoms with Gasteiger partial charge in [-0.25, -0.2) is 19.4 Å². The summed E-state index contributed by atoms with van der Waals surface area (Å²) in [5, 5.41) is 36.5. The predicted octanol–water partition coefficient (Wildman–Crippen LogP) is 14.4. The number of aromatic nitrogens is 10. The average molecular weight is 1280 g/mol. The summed E-state index contributed by atoms with van der Waals surface area (Å²) >= 11 is 2.81. The number of rotatable bonds is 20. The minimum atomic E-state index is -1.24. The first-order chi connectivity index (χ1) is 43.0. The molecule has 12 aromatic rings. The Hall–Kier alpha value is -9.42. The second-order valence-corrected chi connectivity index (χ2v) is 30.9. The maximum atomic E-state index is 13.8. The number of anilines is 2. The van der Waals surface area contributed by atoms with Gasteiger partial charge < -0.3 is 31.2 Å². The van der Waals surface area contributed by atoms with Crippen molar-refractivity contribution in [3.8, 4) is 43.4 Å². The highest BCUT2D eigenvalue weighted by molar-refractivity contribution is 7.13. The third-order valence-electron chi connectivity index (χ3n) is 14.2. The van der Waals surface area contributed by atoms with E-state index >= 15 is 0 Å². The van der Waals surface area contributed by atoms with E-state index in [9.17, 15) is 14.4 Å². The van der Waals surface area contributed by atoms with E-state index in [0.717, 1.165) is 82.9 Å². The molecule has 0 aliphatic carbocycles. The van der Waals surface area contributed by atoms with Crippen molar-refractivity contribution in [1.29, 1.82) is 0 Å². The van der Waals surface area contributed by atoms with Gasteiger partial charge in [-0.15, -0.1) is 35.1 Å². The molecule has 0 spiro atoms. The second-order valence-electron chi connectivity index (χ2n) is 23.6. The quantitative estimate of drug-likeness (QED) is 0.0354. The standard InChI is InChI=1S/C39H45N7O4SSi.C28H23N7OS.ClH/c1-39(2,3)50-38(48)40-20-28-13-10-14-29(17-28)32-18-30-21-42-46(26-49-15-16-52(4,5)6)35(30)19-33(32)43-36(47)34-25-51-37(44-34)31-22-41-45(24-31)23-27-11-8-7-9-12-27;29-12-19-7-4-8-20(9-19)23-10-21-13-30-34-24(21)11-25(23)32-27(36)26-17-37-28(33-26)22-14-31-35(16-22)15-18-5-2-1-3-6-18;/h7-14,17-19,21-22,24-25H,15-16,20,23,26H2,1-6H3,(H,40,48)(H,43,47);1-11,13-14,16-17H,12,15,29H2,(H,30,34)(H,32,36);1H. The van der Waals surface area contributed by atoms with Crippen LogP contribution in [-0.4, -0.2) is 87.7 Å². The van der Waals surface area contributed by atoms with Gasteiger partial charge in [-0.2, -0.15) is 20.4 Å². The summed E-state index contributed by atoms with van der Waals surface area (Å²) in [6, 6.07) is 45.0. The summed E-state index contributed by atoms with van der Waals surface area (Å²) in [4.78, 5) is 48.7. The fourth-order valence-electron chi connectivity index (χ4n) is 9.69. The van der Waals surface area contributed by atoms with Crippen molar-refractivity contribution in [1.82, 2.24) is 54.8 Å². The smallest absolute Gasteiger partial charge is 0.407 e. The van der Waals surface area contributed by atoms with E-state index in [1.54, 1.807) is 29.4 Å². The molecule has 0 bridgehead atoms. The van der Waals surface area contributed by atoms with Crippen molar-refractivity contribution in [3.63, 3.8) is 0 Å². The zero-order valence-electron chi connectivity index (χ0n) is 50.6. The normalized spacial score (nSPS) is 11.5. The van der Waals surface area contributed by atoms with Crippen LogP contribution in [0.25, 0.3) is 65.2 Å². The monoisotopic (exact) mass is 1280 g/mol. The van der Waals surface area contributed by atoms with Crippen LogP contribution in [0.3, 0.4) is 0 Å². The van der Waals surface area contributed by atoms with Gasteiger partial charge in [0.15, 0.2) is 0 Å². The lowest BCUT2D eigenvalue weighted by Gasteiger charge is -2.19. The van der Waals surface area contributed by atoms with Gasteiger partial charge in [0.25, 0.3) is 11.8 Å². The Balaban J connectivity index is 0.000000206. The van der Waals surface area contributed by atoms with Gasteiger partial charge in [-0.1, -0.05) is 117 Å². The fourth-order valence-corrected chi connectivity index (χ4v) is 12.0. The lowest BCUT2D eigenvalue weighted by Crippen LogP contribution is -2.32. The van der Waals surface area contributed by atoms with E-state index in [2.05, 4.69) is 95.3 Å². The highest BCUT2D eigenvalue weighted by atomic mass is 35.5. The van der Waals surface area contributed by atoms with E-state index in [0.29, 0.717) is 60.7 Å². The number of benzene rings is 6. The summed E-state index contributed by atoms with van der Waals surface area (Å²) < 4.78 is 17.0. The molecule has 0 aliphatic rings. The van der Waals surface area contributed by atoms with Gasteiger partial charge in [0, 0.05) is 84.0 Å². The van der Waals surface area contributed by atoms with Crippen molar-refractivity contribution in [2.24, 2.45) is 5.73 Å². The first-order valence-corrected chi connectivity index (χ1v) is 34.5. The van der Waals surface area contributed by atoms with E-state index in [-0.39, 0.29) is 30.8 Å². The third kappa shape index (κ3) is 16.4. The van der Waals surface area contributed by atoms with Crippen LogP contribution < -0.4 is 21.7 Å². The number of nitrogens with zero attached hydrogens (tertiary/aromatic N) is 9. The Morgan fingerprint density at radius 1 is 0.622 bits per heavy atom. The first kappa shape index (κ1) is 63.6. The number of amides is 3. The molecule has 460 valence electrons. The van der Waals surface area contributed by atoms with Gasteiger partial charge in [0.1, 0.15) is 33.7 Å². The molecule has 0 fully saturated rings. The number of hydrogen-bond acceptors (Lipinski definition) is 14. The fraction of sp³-hybridized carbons (Fsp3) is 0.209. The summed E-state index contributed by atoms with van der Waals surface area (Å²) in [5.74, 6) is -0.616. The molecule has 0 saturated carbocycles. The van der Waals surface area contributed by atoms with Crippen molar-refractivity contribution in [3.05, 3.63) is 215 Å². The molecule has 0 radical (unpaired) electrons. The average Bonchev–Trinajstić information content (AvgIpc) is 1.53. The molecule has 3 amide bonds. The minimum Gasteiger partial charge on any atom is -0.444 e. The van der Waals surface area contributed by atoms with Crippen LogP contribution >= 0.6 is 35.1 Å². The topological polar surface area (TPSA) is 240 Å². The summed E-state index contributed by atoms with van der Waals surface area (Å²) in [7, 11) is -1.24. The number of aromatic amines is 1. The first-order valence-electron chi connectivity index (χ1n) is 29.0. The maximum Gasteiger partial charge on any atom is 0.407 e. The SMILES string of the molecule is CC(C)(C)OC(=O)NCc1cccc(-c2cc3cnn(COCC[Si](C)(C)C)c3cc2NC(=O)c2csc(-c3cnn(Cc4ccccc4)c3)n2)c1.Cl.NCc1cccc(-c2cc3cn[nH]c3cc2NC(=O)c2csc(-c3cnn(Cc4ccccc4)c3)n2)c1. The van der Waals surface area contributed by atoms with Crippen molar-refractivity contribution in [2.75, 3.05) is 17.2 Å². The maximum absolute atomic E-state index is 13.8. The number of ether oxygens (including phenoxy) is 2. The van der Waals surface area contributed by atoms with Crippen molar-refractivity contribution >= 4 is 94.2 Å². The molecule has 0 unspecified atom stereocenters. The van der Waals surface area contributed by atoms with Gasteiger partial charge in [0.2, 0.25) is 0 Å². The molecule has 6 aromatic heterocycles. The molecule has 6 heterocycles. The lowest BCUT2D eigenvalue weighted by molar-refractivity contribution is 0.0523. The van der Waals surface area contributed by atoms with E-state index in [1.165, 1.54) is 28.2 Å². The molecule has 0 atom stereocenters. The number of nitrogens with one attached hydrogen (secondary N) is 4. The number of carbonyl (C=O) groups is 3. The molecule has 6 N–H and O–H groups in total. The number of nitrogens with two attached hydrogens (primary N) is 1. The third-order valence-corrected chi connectivity index (χ3v) is 17.7. The molecule has 23 heteroatoms. The Bertz CT molecular complexity index is 4430. The highest BCUT2D eigenvalue weighted by Crippen LogP contribution is 2.36. The molecule has 90 heavy (non-hydrogen) atoms. The Morgan fingerprint density at radius 3 is 1.73 bits per heavy atom. The van der Waals surface area contributed by atoms with Crippen LogP contribution in [0.2, 0.25) is 25.7 Å². The Kier molecular flexibility index (Phi) is 20.1. The van der Waals surface area contributed by atoms with Gasteiger partial charge >= 0.3 is 6.09 Å². The summed E-state index contributed by atoms with van der Waals surface area (Å²) in [6.07, 6.45) is 10.5. The van der Waals surface area contributed by atoms with Gasteiger partial charge in [-0.05, 0) is 96.6 Å². The highest BCUT2D eigenvalue weighted by Gasteiger charge is 2.22. The number of hydrogen-bond donors (Lipinski definition) is 5. The summed E-state index contributed by atoms with van der Waals surface area (Å²) in [5.41, 5.74) is 18.3. The van der Waals surface area contributed by atoms with E-state index in [1.807, 2.05) is 163 Å². The molecule has 12 rings (SSSR count). The van der Waals surface area contributed by atoms with Crippen LogP contribution in [0.1, 0.15) is 64.0 Å². The Morgan fingerprint density at radius 2 is 1.17 bits per heavy atom. The number of H-pyrrole nitrogens is 1. The van der Waals surface area contributed by atoms with E-state index in [4.69, 9.17) is 15.2 Å². The van der Waals surface area contributed by atoms with Crippen molar-refractivity contribution < 1.29 is 23.9 Å². The van der Waals surface area contributed by atoms with Crippen molar-refractivity contribution in [2.45, 2.75) is 85.0 Å². The predicted molar refractivity (Wildman–Crippen MR) is 363 cm³/mol. The van der Waals surface area contributed by atoms with E-state index < -0.39 is 19.8 Å². The van der Waals surface area contributed by atoms with Crippen LogP contribution in [0, 0.1) is 0 Å². The molecular weight excluding hydrogens is 1210 g/mol. The number of carbonyl (C=O) groups excluding carboxylic acids is 3. The van der Waals surface area contributed by atoms with Crippen LogP contribution in [-0.2, 0) is 42.4 Å². The number of alkyl carbamates (subject to hydrolysis) is 1. The van der Waals surface area contributed by atoms with Gasteiger partial charge in [-0.3, -0.25) is 24.1 Å². The lowest BCUT2D eigenvalue weighted by atomic mass is 9.99. The summed E-state index contributed by atoms with van der Waals surface area (Å²) in [6.45, 7) is 15.5. The zero-order chi connectivity index (χ0) is 62.1. The molecule has 0 saturated heterocycles. The Labute approximate surface area is 536 Å². The minimum absolute atomic E-state index is 0. The zero-order valence-corrected chi connectivity index (χ0v) is 54.1. The van der Waals surface area contributed by atoms with Crippen LogP contribution in [0.15, 0.2) is 181 Å². The largest absolute Gasteiger partial charge is 0.444 e. The van der Waals surface area contributed by atoms with Crippen LogP contribution in [0.5, 0.6) is 0 Å². The molecule has 0 aliphatic heterocycles. The molecule has 6 aromatic carbocycles. The number of thiazole rings is 2. The van der Waals surface area contributed by atoms with Crippen LogP contribution in [0.4, 0.5) is 16.2 Å². The van der Waals surface area contributed by atoms with Gasteiger partial charge in [0.05, 0.1) is 60.3 Å².